The second-order valence-corrected chi connectivity index (χ2v) is 7.56. The number of nitrogens with one attached hydrogen (secondary N) is 1. The van der Waals surface area contributed by atoms with Gasteiger partial charge in [-0.15, -0.1) is 0 Å². The zero-order chi connectivity index (χ0) is 19.1. The molecule has 2 aromatic rings. The summed E-state index contributed by atoms with van der Waals surface area (Å²) in [6.07, 6.45) is 0.871. The van der Waals surface area contributed by atoms with Gasteiger partial charge in [0.2, 0.25) is 5.91 Å². The van der Waals surface area contributed by atoms with Gasteiger partial charge in [-0.1, -0.05) is 55.9 Å². The molecule has 1 aromatic carbocycles. The van der Waals surface area contributed by atoms with Crippen LogP contribution in [0.2, 0.25) is 0 Å². The van der Waals surface area contributed by atoms with Crippen LogP contribution in [-0.2, 0) is 4.79 Å². The molecule has 0 aliphatic heterocycles. The maximum absolute atomic E-state index is 12.5. The first kappa shape index (κ1) is 19.9. The Labute approximate surface area is 159 Å². The lowest BCUT2D eigenvalue weighted by Gasteiger charge is -2.21. The van der Waals surface area contributed by atoms with E-state index in [-0.39, 0.29) is 17.7 Å². The van der Waals surface area contributed by atoms with Gasteiger partial charge in [0, 0.05) is 0 Å². The van der Waals surface area contributed by atoms with Crippen LogP contribution in [0.4, 0.5) is 0 Å². The topological polar surface area (TPSA) is 78.7 Å². The molecule has 1 unspecified atom stereocenters. The van der Waals surface area contributed by atoms with Crippen molar-refractivity contribution in [2.45, 2.75) is 45.2 Å². The summed E-state index contributed by atoms with van der Waals surface area (Å²) in [7, 11) is 0. The van der Waals surface area contributed by atoms with Crippen LogP contribution < -0.4 is 5.32 Å². The van der Waals surface area contributed by atoms with E-state index in [1.807, 2.05) is 30.3 Å². The van der Waals surface area contributed by atoms with Gasteiger partial charge in [0.15, 0.2) is 0 Å². The highest BCUT2D eigenvalue weighted by atomic mass is 32.2. The van der Waals surface area contributed by atoms with Gasteiger partial charge in [-0.05, 0) is 31.7 Å². The predicted molar refractivity (Wildman–Crippen MR) is 104 cm³/mol. The molecule has 2 rings (SSSR count). The van der Waals surface area contributed by atoms with Gasteiger partial charge >= 0.3 is 0 Å². The summed E-state index contributed by atoms with van der Waals surface area (Å²) in [6, 6.07) is 12.1. The number of benzene rings is 1. The number of nitrogens with zero attached hydrogens (tertiary/aromatic N) is 3. The lowest BCUT2D eigenvalue weighted by atomic mass is 9.97. The van der Waals surface area contributed by atoms with Gasteiger partial charge in [0.25, 0.3) is 0 Å². The van der Waals surface area contributed by atoms with E-state index in [4.69, 9.17) is 0 Å². The molecule has 6 heteroatoms. The first-order chi connectivity index (χ1) is 12.4. The Kier molecular flexibility index (Phi) is 7.16. The number of thioether (sulfide) groups is 1. The van der Waals surface area contributed by atoms with Crippen LogP contribution in [0, 0.1) is 31.1 Å². The van der Waals surface area contributed by atoms with Crippen LogP contribution >= 0.6 is 11.8 Å². The molecule has 1 N–H and O–H groups in total. The second kappa shape index (κ2) is 9.35. The van der Waals surface area contributed by atoms with Crippen molar-refractivity contribution in [3.05, 3.63) is 53.0 Å². The Balaban J connectivity index is 2.06. The van der Waals surface area contributed by atoms with Crippen LogP contribution in [0.15, 0.2) is 35.4 Å². The Morgan fingerprint density at radius 2 is 1.92 bits per heavy atom. The zero-order valence-electron chi connectivity index (χ0n) is 15.6. The zero-order valence-corrected chi connectivity index (χ0v) is 16.4. The standard InChI is InChI=1S/C20H24N4OS/c1-13(2)10-18(16-8-6-5-7-9-16)24-19(25)12-26-20-17(11-21)14(3)22-15(4)23-20/h5-9,13,18H,10,12H2,1-4H3,(H,24,25). The van der Waals surface area contributed by atoms with Crippen LogP contribution in [0.25, 0.3) is 0 Å². The fourth-order valence-electron chi connectivity index (χ4n) is 2.72. The van der Waals surface area contributed by atoms with Crippen LogP contribution in [0.5, 0.6) is 0 Å². The first-order valence-electron chi connectivity index (χ1n) is 8.63. The van der Waals surface area contributed by atoms with E-state index in [9.17, 15) is 10.1 Å². The summed E-state index contributed by atoms with van der Waals surface area (Å²) < 4.78 is 0. The fourth-order valence-corrected chi connectivity index (χ4v) is 3.60. The summed E-state index contributed by atoms with van der Waals surface area (Å²) >= 11 is 1.28. The van der Waals surface area contributed by atoms with Crippen molar-refractivity contribution in [3.63, 3.8) is 0 Å². The largest absolute Gasteiger partial charge is 0.349 e. The van der Waals surface area contributed by atoms with Gasteiger partial charge in [0.1, 0.15) is 22.5 Å². The van der Waals surface area contributed by atoms with Crippen molar-refractivity contribution in [1.82, 2.24) is 15.3 Å². The predicted octanol–water partition coefficient (Wildman–Crippen LogP) is 3.96. The number of hydrogen-bond acceptors (Lipinski definition) is 5. The molecule has 1 amide bonds. The van der Waals surface area contributed by atoms with Gasteiger partial charge < -0.3 is 5.32 Å². The minimum Gasteiger partial charge on any atom is -0.349 e. The number of carbonyl (C=O) groups excluding carboxylic acids is 1. The molecule has 5 nitrogen and oxygen atoms in total. The van der Waals surface area contributed by atoms with E-state index in [0.29, 0.717) is 28.0 Å². The van der Waals surface area contributed by atoms with Crippen molar-refractivity contribution in [2.24, 2.45) is 5.92 Å². The van der Waals surface area contributed by atoms with Crippen molar-refractivity contribution in [3.8, 4) is 6.07 Å². The maximum Gasteiger partial charge on any atom is 0.230 e. The van der Waals surface area contributed by atoms with Gasteiger partial charge in [-0.25, -0.2) is 9.97 Å². The van der Waals surface area contributed by atoms with Gasteiger partial charge in [-0.3, -0.25) is 4.79 Å². The molecule has 26 heavy (non-hydrogen) atoms. The molecule has 1 atom stereocenters. The molecule has 0 saturated carbocycles. The molecule has 1 aromatic heterocycles. The molecule has 0 saturated heterocycles. The highest BCUT2D eigenvalue weighted by Gasteiger charge is 2.17. The molecule has 0 spiro atoms. The highest BCUT2D eigenvalue weighted by Crippen LogP contribution is 2.24. The third kappa shape index (κ3) is 5.57. The second-order valence-electron chi connectivity index (χ2n) is 6.60. The Morgan fingerprint density at radius 1 is 1.23 bits per heavy atom. The van der Waals surface area contributed by atoms with Crippen LogP contribution in [0.3, 0.4) is 0 Å². The monoisotopic (exact) mass is 368 g/mol. The SMILES string of the molecule is Cc1nc(C)c(C#N)c(SCC(=O)NC(CC(C)C)c2ccccc2)n1. The Morgan fingerprint density at radius 3 is 2.54 bits per heavy atom. The van der Waals surface area contributed by atoms with E-state index >= 15 is 0 Å². The first-order valence-corrected chi connectivity index (χ1v) is 9.61. The molecule has 0 radical (unpaired) electrons. The number of carbonyl (C=O) groups is 1. The van der Waals surface area contributed by atoms with Crippen molar-refractivity contribution in [2.75, 3.05) is 5.75 Å². The van der Waals surface area contributed by atoms with E-state index in [0.717, 1.165) is 12.0 Å². The summed E-state index contributed by atoms with van der Waals surface area (Å²) in [5.74, 6) is 1.21. The van der Waals surface area contributed by atoms with Crippen molar-refractivity contribution < 1.29 is 4.79 Å². The fraction of sp³-hybridized carbons (Fsp3) is 0.400. The summed E-state index contributed by atoms with van der Waals surface area (Å²) in [6.45, 7) is 7.85. The Bertz CT molecular complexity index is 799. The molecular formula is C20H24N4OS. The molecule has 136 valence electrons. The van der Waals surface area contributed by atoms with E-state index in [1.54, 1.807) is 13.8 Å². The molecule has 0 aliphatic carbocycles. The molecular weight excluding hydrogens is 344 g/mol. The average Bonchev–Trinajstić information content (AvgIpc) is 2.59. The third-order valence-electron chi connectivity index (χ3n) is 3.86. The lowest BCUT2D eigenvalue weighted by molar-refractivity contribution is -0.119. The minimum atomic E-state index is -0.0673. The van der Waals surface area contributed by atoms with Crippen molar-refractivity contribution in [1.29, 1.82) is 5.26 Å². The number of aromatic nitrogens is 2. The number of hydrogen-bond donors (Lipinski definition) is 1. The maximum atomic E-state index is 12.5. The molecule has 0 fully saturated rings. The number of nitriles is 1. The number of rotatable bonds is 7. The highest BCUT2D eigenvalue weighted by molar-refractivity contribution is 8.00. The average molecular weight is 369 g/mol. The third-order valence-corrected chi connectivity index (χ3v) is 4.84. The lowest BCUT2D eigenvalue weighted by Crippen LogP contribution is -2.31. The minimum absolute atomic E-state index is 0.0198. The van der Waals surface area contributed by atoms with Gasteiger partial charge in [-0.2, -0.15) is 5.26 Å². The van der Waals surface area contributed by atoms with Crippen LogP contribution in [0.1, 0.15) is 49.0 Å². The summed E-state index contributed by atoms with van der Waals surface area (Å²) in [5.41, 5.74) is 2.19. The Hall–Kier alpha value is -2.39. The van der Waals surface area contributed by atoms with E-state index < -0.39 is 0 Å². The smallest absolute Gasteiger partial charge is 0.230 e. The number of aryl methyl sites for hydroxylation is 2. The molecule has 1 heterocycles. The number of amides is 1. The van der Waals surface area contributed by atoms with Gasteiger partial charge in [0.05, 0.1) is 17.5 Å². The van der Waals surface area contributed by atoms with E-state index in [2.05, 4.69) is 35.2 Å². The van der Waals surface area contributed by atoms with Crippen molar-refractivity contribution >= 4 is 17.7 Å². The summed E-state index contributed by atoms with van der Waals surface area (Å²) in [4.78, 5) is 21.0. The molecule has 0 aliphatic rings. The normalized spacial score (nSPS) is 11.8. The molecule has 0 bridgehead atoms. The quantitative estimate of drug-likeness (QED) is 0.591. The summed E-state index contributed by atoms with van der Waals surface area (Å²) in [5, 5.41) is 13.0. The van der Waals surface area contributed by atoms with E-state index in [1.165, 1.54) is 11.8 Å². The van der Waals surface area contributed by atoms with Crippen LogP contribution in [-0.4, -0.2) is 21.6 Å².